The van der Waals surface area contributed by atoms with E-state index in [4.69, 9.17) is 23.4 Å². The summed E-state index contributed by atoms with van der Waals surface area (Å²) in [5.74, 6) is -1.69. The van der Waals surface area contributed by atoms with Crippen LogP contribution >= 0.6 is 0 Å². The molecule has 0 radical (unpaired) electrons. The van der Waals surface area contributed by atoms with E-state index in [0.29, 0.717) is 0 Å². The third-order valence-corrected chi connectivity index (χ3v) is 7.32. The van der Waals surface area contributed by atoms with Gasteiger partial charge in [0.1, 0.15) is 55.1 Å². The molecule has 0 unspecified atom stereocenters. The fourth-order valence-electron chi connectivity index (χ4n) is 4.83. The van der Waals surface area contributed by atoms with E-state index in [9.17, 15) is 55.9 Å². The smallest absolute Gasteiger partial charge is 0.229 e. The number of aliphatic hydroxyl groups excluding tert-OH is 8. The summed E-state index contributed by atoms with van der Waals surface area (Å²) in [6.45, 7) is -1.40. The Kier molecular flexibility index (Phi) is 8.77. The monoisotopic (exact) mass is 610 g/mol. The van der Waals surface area contributed by atoms with Crippen molar-refractivity contribution in [3.63, 3.8) is 0 Å². The molecule has 2 aromatic carbocycles. The minimum absolute atomic E-state index is 0.0494. The van der Waals surface area contributed by atoms with Gasteiger partial charge in [0.2, 0.25) is 23.8 Å². The van der Waals surface area contributed by atoms with Crippen LogP contribution in [0.25, 0.3) is 22.1 Å². The fraction of sp³-hybridized carbons (Fsp3) is 0.444. The van der Waals surface area contributed by atoms with Gasteiger partial charge in [-0.05, 0) is 29.8 Å². The molecule has 0 aliphatic carbocycles. The van der Waals surface area contributed by atoms with E-state index < -0.39 is 97.3 Å². The first-order chi connectivity index (χ1) is 20.5. The predicted octanol–water partition coefficient (Wildman–Crippen LogP) is -2.77. The number of aromatic hydroxyl groups is 2. The Morgan fingerprint density at radius 2 is 1.28 bits per heavy atom. The molecule has 3 heterocycles. The van der Waals surface area contributed by atoms with Crippen molar-refractivity contribution in [3.05, 3.63) is 46.8 Å². The Morgan fingerprint density at radius 1 is 0.698 bits per heavy atom. The molecule has 2 aliphatic rings. The second-order valence-electron chi connectivity index (χ2n) is 10.1. The molecule has 234 valence electrons. The number of benzene rings is 2. The quantitative estimate of drug-likeness (QED) is 0.130. The van der Waals surface area contributed by atoms with Gasteiger partial charge in [0, 0.05) is 0 Å². The van der Waals surface area contributed by atoms with Crippen molar-refractivity contribution in [2.24, 2.45) is 0 Å². The van der Waals surface area contributed by atoms with Crippen molar-refractivity contribution in [2.75, 3.05) is 13.2 Å². The van der Waals surface area contributed by atoms with Crippen molar-refractivity contribution >= 4 is 11.0 Å². The molecule has 16 heteroatoms. The SMILES string of the molecule is O=c1c(-c2ccc(O[C@@H]3O[C@H](CO)[C@@H](O)[C@H](O)[C@H]3O)c(O)c2)coc2c(O[C@@H]3O[C@H](CO)[C@@H](O)[C@H](O)[C@H]3O)c(O)ccc12. The topological polar surface area (TPSA) is 269 Å². The molecule has 3 aromatic rings. The lowest BCUT2D eigenvalue weighted by Crippen LogP contribution is -2.60. The number of hydrogen-bond donors (Lipinski definition) is 10. The predicted molar refractivity (Wildman–Crippen MR) is 140 cm³/mol. The number of hydrogen-bond acceptors (Lipinski definition) is 16. The van der Waals surface area contributed by atoms with Crippen molar-refractivity contribution in [1.29, 1.82) is 0 Å². The fourth-order valence-corrected chi connectivity index (χ4v) is 4.83. The Bertz CT molecular complexity index is 1500. The number of aliphatic hydroxyl groups is 8. The number of fused-ring (bicyclic) bond motifs is 1. The zero-order chi connectivity index (χ0) is 31.2. The largest absolute Gasteiger partial charge is 0.504 e. The summed E-state index contributed by atoms with van der Waals surface area (Å²) < 4.78 is 27.2. The highest BCUT2D eigenvalue weighted by Gasteiger charge is 2.46. The number of rotatable bonds is 7. The molecule has 43 heavy (non-hydrogen) atoms. The van der Waals surface area contributed by atoms with Gasteiger partial charge in [-0.3, -0.25) is 4.79 Å². The van der Waals surface area contributed by atoms with E-state index in [-0.39, 0.29) is 27.8 Å². The standard InChI is InChI=1S/C27H30O16/c28-6-15-18(33)20(35)22(37)26(41-15)40-14-4-1-9(5-13(14)31)11-8-39-24-10(17(11)32)2-3-12(30)25(24)43-27-23(38)21(36)19(34)16(7-29)42-27/h1-5,8,15-16,18-23,26-31,33-38H,6-7H2/t15-,16-,18-,19-,20+,21+,22-,23-,26-,27+/m1/s1. The zero-order valence-corrected chi connectivity index (χ0v) is 22.1. The van der Waals surface area contributed by atoms with Crippen LogP contribution in [-0.2, 0) is 9.47 Å². The van der Waals surface area contributed by atoms with E-state index in [1.165, 1.54) is 18.2 Å². The van der Waals surface area contributed by atoms with Crippen LogP contribution in [0.4, 0.5) is 0 Å². The number of phenolic OH excluding ortho intramolecular Hbond substituents is 2. The van der Waals surface area contributed by atoms with Crippen LogP contribution in [0, 0.1) is 0 Å². The molecule has 16 nitrogen and oxygen atoms in total. The third-order valence-electron chi connectivity index (χ3n) is 7.32. The van der Waals surface area contributed by atoms with Gasteiger partial charge in [-0.2, -0.15) is 0 Å². The van der Waals surface area contributed by atoms with Gasteiger partial charge in [-0.1, -0.05) is 6.07 Å². The van der Waals surface area contributed by atoms with Gasteiger partial charge >= 0.3 is 0 Å². The molecule has 10 N–H and O–H groups in total. The van der Waals surface area contributed by atoms with Gasteiger partial charge in [0.05, 0.1) is 24.2 Å². The first-order valence-corrected chi connectivity index (χ1v) is 13.0. The van der Waals surface area contributed by atoms with Crippen molar-refractivity contribution in [3.8, 4) is 34.1 Å². The summed E-state index contributed by atoms with van der Waals surface area (Å²) in [6.07, 6.45) is -15.0. The minimum atomic E-state index is -1.80. The Balaban J connectivity index is 1.42. The molecule has 5 rings (SSSR count). The highest BCUT2D eigenvalue weighted by atomic mass is 16.7. The molecular formula is C27H30O16. The summed E-state index contributed by atoms with van der Waals surface area (Å²) in [7, 11) is 0. The number of phenols is 2. The van der Waals surface area contributed by atoms with Gasteiger partial charge in [0.25, 0.3) is 0 Å². The maximum atomic E-state index is 13.4. The molecule has 0 amide bonds. The summed E-state index contributed by atoms with van der Waals surface area (Å²) in [4.78, 5) is 13.4. The van der Waals surface area contributed by atoms with Crippen LogP contribution in [0.2, 0.25) is 0 Å². The van der Waals surface area contributed by atoms with Crippen molar-refractivity contribution < 1.29 is 74.4 Å². The number of ether oxygens (including phenoxy) is 4. The first-order valence-electron chi connectivity index (χ1n) is 13.0. The van der Waals surface area contributed by atoms with Crippen LogP contribution in [0.5, 0.6) is 23.0 Å². The van der Waals surface area contributed by atoms with Crippen LogP contribution in [0.15, 0.2) is 45.8 Å². The van der Waals surface area contributed by atoms with Gasteiger partial charge in [-0.15, -0.1) is 0 Å². The summed E-state index contributed by atoms with van der Waals surface area (Å²) in [6, 6.07) is 6.08. The lowest BCUT2D eigenvalue weighted by atomic mass is 9.99. The second kappa shape index (κ2) is 12.2. The van der Waals surface area contributed by atoms with E-state index >= 15 is 0 Å². The van der Waals surface area contributed by atoms with Crippen LogP contribution in [0.1, 0.15) is 0 Å². The molecule has 2 saturated heterocycles. The van der Waals surface area contributed by atoms with Crippen LogP contribution in [-0.4, -0.2) is 126 Å². The maximum Gasteiger partial charge on any atom is 0.229 e. The first kappa shape index (κ1) is 30.9. The molecule has 0 spiro atoms. The summed E-state index contributed by atoms with van der Waals surface area (Å²) >= 11 is 0. The lowest BCUT2D eigenvalue weighted by Gasteiger charge is -2.39. The third kappa shape index (κ3) is 5.61. The summed E-state index contributed by atoms with van der Waals surface area (Å²) in [5, 5.41) is 100. The molecule has 0 bridgehead atoms. The summed E-state index contributed by atoms with van der Waals surface area (Å²) in [5.41, 5.74) is -0.801. The van der Waals surface area contributed by atoms with Crippen molar-refractivity contribution in [2.45, 2.75) is 61.4 Å². The van der Waals surface area contributed by atoms with Crippen molar-refractivity contribution in [1.82, 2.24) is 0 Å². The Morgan fingerprint density at radius 3 is 1.84 bits per heavy atom. The minimum Gasteiger partial charge on any atom is -0.504 e. The van der Waals surface area contributed by atoms with Crippen LogP contribution in [0.3, 0.4) is 0 Å². The van der Waals surface area contributed by atoms with E-state index in [1.54, 1.807) is 0 Å². The molecule has 10 atom stereocenters. The molecular weight excluding hydrogens is 580 g/mol. The molecule has 2 aliphatic heterocycles. The van der Waals surface area contributed by atoms with Crippen LogP contribution < -0.4 is 14.9 Å². The Labute approximate surface area is 241 Å². The average Bonchev–Trinajstić information content (AvgIpc) is 2.99. The maximum absolute atomic E-state index is 13.4. The normalized spacial score (nSPS) is 32.9. The Hall–Kier alpha value is -3.55. The van der Waals surface area contributed by atoms with Gasteiger partial charge in [0.15, 0.2) is 22.8 Å². The highest BCUT2D eigenvalue weighted by Crippen LogP contribution is 2.38. The zero-order valence-electron chi connectivity index (χ0n) is 22.1. The molecule has 1 aromatic heterocycles. The average molecular weight is 611 g/mol. The lowest BCUT2D eigenvalue weighted by molar-refractivity contribution is -0.277. The molecule has 0 saturated carbocycles. The van der Waals surface area contributed by atoms with E-state index in [1.807, 2.05) is 0 Å². The van der Waals surface area contributed by atoms with E-state index in [0.717, 1.165) is 18.4 Å². The van der Waals surface area contributed by atoms with Gasteiger partial charge in [-0.25, -0.2) is 0 Å². The highest BCUT2D eigenvalue weighted by molar-refractivity contribution is 5.88. The molecule has 2 fully saturated rings. The second-order valence-corrected chi connectivity index (χ2v) is 10.1. The van der Waals surface area contributed by atoms with Gasteiger partial charge < -0.3 is 74.4 Å². The van der Waals surface area contributed by atoms with E-state index in [2.05, 4.69) is 0 Å².